The third kappa shape index (κ3) is 2.42. The van der Waals surface area contributed by atoms with Gasteiger partial charge in [-0.05, 0) is 41.8 Å². The van der Waals surface area contributed by atoms with Gasteiger partial charge >= 0.3 is 0 Å². The zero-order chi connectivity index (χ0) is 14.2. The molecule has 8 N–H and O–H groups in total. The predicted octanol–water partition coefficient (Wildman–Crippen LogP) is 1.26. The van der Waals surface area contributed by atoms with Crippen molar-refractivity contribution in [1.82, 2.24) is 0 Å². The number of nitrogens with two attached hydrogens (primary N) is 2. The van der Waals surface area contributed by atoms with Crippen molar-refractivity contribution in [3.05, 3.63) is 35.4 Å². The summed E-state index contributed by atoms with van der Waals surface area (Å²) in [6.07, 6.45) is 0.329. The summed E-state index contributed by atoms with van der Waals surface area (Å²) >= 11 is 0. The minimum Gasteiger partial charge on any atom is -0.504 e. The zero-order valence-corrected chi connectivity index (χ0v) is 9.96. The van der Waals surface area contributed by atoms with Crippen molar-refractivity contribution in [2.75, 3.05) is 11.5 Å². The summed E-state index contributed by atoms with van der Waals surface area (Å²) in [6, 6.07) is 5.75. The summed E-state index contributed by atoms with van der Waals surface area (Å²) in [5, 5.41) is 37.6. The second-order valence-corrected chi connectivity index (χ2v) is 4.28. The lowest BCUT2D eigenvalue weighted by atomic mass is 10.0. The van der Waals surface area contributed by atoms with Crippen LogP contribution >= 0.6 is 0 Å². The van der Waals surface area contributed by atoms with Crippen LogP contribution in [0.5, 0.6) is 23.0 Å². The maximum atomic E-state index is 9.47. The number of aromatic hydroxyl groups is 4. The van der Waals surface area contributed by atoms with Gasteiger partial charge < -0.3 is 31.9 Å². The largest absolute Gasteiger partial charge is 0.504 e. The Balaban J connectivity index is 2.36. The van der Waals surface area contributed by atoms with Crippen LogP contribution in [0.1, 0.15) is 11.1 Å². The molecule has 6 heteroatoms. The Morgan fingerprint density at radius 1 is 0.684 bits per heavy atom. The molecule has 100 valence electrons. The maximum absolute atomic E-state index is 9.47. The van der Waals surface area contributed by atoms with Crippen molar-refractivity contribution in [3.8, 4) is 23.0 Å². The first-order valence-corrected chi connectivity index (χ1v) is 5.49. The van der Waals surface area contributed by atoms with Crippen LogP contribution in [0.3, 0.4) is 0 Å². The predicted molar refractivity (Wildman–Crippen MR) is 71.2 cm³/mol. The molecule has 0 saturated heterocycles. The van der Waals surface area contributed by atoms with E-state index in [1.807, 2.05) is 0 Å². The molecule has 0 saturated carbocycles. The van der Waals surface area contributed by atoms with E-state index in [1.165, 1.54) is 24.3 Å². The molecule has 0 heterocycles. The molecule has 2 aromatic rings. The normalized spacial score (nSPS) is 10.5. The Hall–Kier alpha value is -2.76. The first-order chi connectivity index (χ1) is 8.88. The molecule has 6 nitrogen and oxygen atoms in total. The van der Waals surface area contributed by atoms with Crippen LogP contribution in [0.4, 0.5) is 11.4 Å². The monoisotopic (exact) mass is 262 g/mol. The van der Waals surface area contributed by atoms with Gasteiger partial charge in [0.05, 0.1) is 11.4 Å². The molecule has 0 spiro atoms. The molecule has 19 heavy (non-hydrogen) atoms. The highest BCUT2D eigenvalue weighted by atomic mass is 16.3. The van der Waals surface area contributed by atoms with Crippen molar-refractivity contribution < 1.29 is 20.4 Å². The van der Waals surface area contributed by atoms with Gasteiger partial charge in [-0.15, -0.1) is 0 Å². The summed E-state index contributed by atoms with van der Waals surface area (Å²) < 4.78 is 0. The first kappa shape index (κ1) is 12.7. The van der Waals surface area contributed by atoms with Gasteiger partial charge in [0.25, 0.3) is 0 Å². The van der Waals surface area contributed by atoms with Gasteiger partial charge in [-0.2, -0.15) is 0 Å². The lowest BCUT2D eigenvalue weighted by Gasteiger charge is -2.09. The Kier molecular flexibility index (Phi) is 3.00. The third-order valence-corrected chi connectivity index (χ3v) is 2.77. The van der Waals surface area contributed by atoms with E-state index < -0.39 is 0 Å². The van der Waals surface area contributed by atoms with Gasteiger partial charge in [0, 0.05) is 0 Å². The third-order valence-electron chi connectivity index (χ3n) is 2.77. The van der Waals surface area contributed by atoms with Gasteiger partial charge in [0.15, 0.2) is 23.0 Å². The molecule has 0 unspecified atom stereocenters. The molecule has 0 aliphatic rings. The Labute approximate surface area is 109 Å². The quantitative estimate of drug-likeness (QED) is 0.356. The summed E-state index contributed by atoms with van der Waals surface area (Å²) in [5.74, 6) is -1.36. The van der Waals surface area contributed by atoms with E-state index in [2.05, 4.69) is 0 Å². The fraction of sp³-hybridized carbons (Fsp3) is 0.0769. The van der Waals surface area contributed by atoms with E-state index in [1.54, 1.807) is 0 Å². The minimum absolute atomic E-state index is 0.0611. The molecular weight excluding hydrogens is 248 g/mol. The lowest BCUT2D eigenvalue weighted by molar-refractivity contribution is 0.404. The van der Waals surface area contributed by atoms with Crippen LogP contribution in [0, 0.1) is 0 Å². The Morgan fingerprint density at radius 3 is 1.37 bits per heavy atom. The number of anilines is 2. The number of phenolic OH excluding ortho intramolecular Hbond substituents is 4. The van der Waals surface area contributed by atoms with Crippen molar-refractivity contribution in [1.29, 1.82) is 0 Å². The van der Waals surface area contributed by atoms with E-state index in [4.69, 9.17) is 11.5 Å². The summed E-state index contributed by atoms with van der Waals surface area (Å²) in [7, 11) is 0. The van der Waals surface area contributed by atoms with Crippen LogP contribution in [0.25, 0.3) is 0 Å². The number of nitrogen functional groups attached to an aromatic ring is 2. The molecule has 0 amide bonds. The van der Waals surface area contributed by atoms with E-state index >= 15 is 0 Å². The van der Waals surface area contributed by atoms with Crippen LogP contribution in [0.15, 0.2) is 24.3 Å². The minimum atomic E-state index is -0.364. The van der Waals surface area contributed by atoms with Gasteiger partial charge in [-0.25, -0.2) is 0 Å². The van der Waals surface area contributed by atoms with E-state index in [0.717, 1.165) is 0 Å². The summed E-state index contributed by atoms with van der Waals surface area (Å²) in [6.45, 7) is 0. The number of benzene rings is 2. The second kappa shape index (κ2) is 4.49. The standard InChI is InChI=1S/C13H14N2O4/c14-8-2-6(4-10(16)12(8)18)1-7-3-9(15)13(19)11(17)5-7/h2-5,16-19H,1,14-15H2. The van der Waals surface area contributed by atoms with Crippen LogP contribution < -0.4 is 11.5 Å². The molecule has 0 fully saturated rings. The molecule has 0 aliphatic carbocycles. The molecular formula is C13H14N2O4. The number of rotatable bonds is 2. The molecule has 2 aromatic carbocycles. The van der Waals surface area contributed by atoms with Crippen molar-refractivity contribution in [3.63, 3.8) is 0 Å². The molecule has 0 bridgehead atoms. The highest BCUT2D eigenvalue weighted by Gasteiger charge is 2.10. The van der Waals surface area contributed by atoms with Crippen LogP contribution in [0.2, 0.25) is 0 Å². The summed E-state index contributed by atoms with van der Waals surface area (Å²) in [5.41, 5.74) is 12.5. The topological polar surface area (TPSA) is 133 Å². The average molecular weight is 262 g/mol. The maximum Gasteiger partial charge on any atom is 0.180 e. The molecule has 0 aliphatic heterocycles. The number of hydrogen-bond donors (Lipinski definition) is 6. The van der Waals surface area contributed by atoms with Crippen molar-refractivity contribution >= 4 is 11.4 Å². The van der Waals surface area contributed by atoms with Gasteiger partial charge in [0.1, 0.15) is 0 Å². The number of hydrogen-bond acceptors (Lipinski definition) is 6. The smallest absolute Gasteiger partial charge is 0.180 e. The van der Waals surface area contributed by atoms with Crippen molar-refractivity contribution in [2.45, 2.75) is 6.42 Å². The van der Waals surface area contributed by atoms with Crippen LogP contribution in [-0.4, -0.2) is 20.4 Å². The van der Waals surface area contributed by atoms with Gasteiger partial charge in [-0.1, -0.05) is 0 Å². The molecule has 0 aromatic heterocycles. The fourth-order valence-corrected chi connectivity index (χ4v) is 1.84. The fourth-order valence-electron chi connectivity index (χ4n) is 1.84. The van der Waals surface area contributed by atoms with Crippen LogP contribution in [-0.2, 0) is 6.42 Å². The molecule has 0 radical (unpaired) electrons. The second-order valence-electron chi connectivity index (χ2n) is 4.28. The van der Waals surface area contributed by atoms with Gasteiger partial charge in [-0.3, -0.25) is 0 Å². The number of phenols is 4. The molecule has 0 atom stereocenters. The average Bonchev–Trinajstić information content (AvgIpc) is 2.33. The summed E-state index contributed by atoms with van der Waals surface area (Å²) in [4.78, 5) is 0. The Bertz CT molecular complexity index is 539. The first-order valence-electron chi connectivity index (χ1n) is 5.49. The zero-order valence-electron chi connectivity index (χ0n) is 9.96. The Morgan fingerprint density at radius 2 is 1.05 bits per heavy atom. The van der Waals surface area contributed by atoms with Crippen molar-refractivity contribution in [2.24, 2.45) is 0 Å². The molecule has 2 rings (SSSR count). The highest BCUT2D eigenvalue weighted by molar-refractivity contribution is 5.63. The van der Waals surface area contributed by atoms with Gasteiger partial charge in [0.2, 0.25) is 0 Å². The van der Waals surface area contributed by atoms with E-state index in [-0.39, 0.29) is 34.4 Å². The highest BCUT2D eigenvalue weighted by Crippen LogP contribution is 2.35. The SMILES string of the molecule is Nc1cc(Cc2cc(N)c(O)c(O)c2)cc(O)c1O. The van der Waals surface area contributed by atoms with E-state index in [0.29, 0.717) is 17.5 Å². The van der Waals surface area contributed by atoms with E-state index in [9.17, 15) is 20.4 Å². The lowest BCUT2D eigenvalue weighted by Crippen LogP contribution is -1.94.